The van der Waals surface area contributed by atoms with Gasteiger partial charge in [0.25, 0.3) is 0 Å². The van der Waals surface area contributed by atoms with E-state index in [0.717, 1.165) is 32.7 Å². The van der Waals surface area contributed by atoms with E-state index in [-0.39, 0.29) is 12.5 Å². The number of rotatable bonds is 3. The molecule has 16 heavy (non-hydrogen) atoms. The van der Waals surface area contributed by atoms with Crippen LogP contribution in [0.5, 0.6) is 0 Å². The Labute approximate surface area is 98.8 Å². The average Bonchev–Trinajstić information content (AvgIpc) is 2.25. The van der Waals surface area contributed by atoms with Crippen molar-refractivity contribution < 1.29 is 4.79 Å². The predicted molar refractivity (Wildman–Crippen MR) is 66.1 cm³/mol. The lowest BCUT2D eigenvalue weighted by Gasteiger charge is -2.35. The minimum Gasteiger partial charge on any atom is -0.339 e. The van der Waals surface area contributed by atoms with Crippen molar-refractivity contribution in [3.05, 3.63) is 0 Å². The van der Waals surface area contributed by atoms with Crippen LogP contribution in [0.1, 0.15) is 27.2 Å². The first-order chi connectivity index (χ1) is 7.42. The number of piperazine rings is 1. The van der Waals surface area contributed by atoms with E-state index in [1.165, 1.54) is 6.42 Å². The van der Waals surface area contributed by atoms with Gasteiger partial charge >= 0.3 is 0 Å². The summed E-state index contributed by atoms with van der Waals surface area (Å²) in [6, 6.07) is 0. The average molecular weight is 227 g/mol. The summed E-state index contributed by atoms with van der Waals surface area (Å²) in [5, 5.41) is 0. The van der Waals surface area contributed by atoms with E-state index < -0.39 is 0 Å². The van der Waals surface area contributed by atoms with Gasteiger partial charge < -0.3 is 10.6 Å². The van der Waals surface area contributed by atoms with Crippen molar-refractivity contribution in [2.75, 3.05) is 39.3 Å². The van der Waals surface area contributed by atoms with Gasteiger partial charge in [0.1, 0.15) is 0 Å². The molecule has 0 atom stereocenters. The van der Waals surface area contributed by atoms with Crippen molar-refractivity contribution in [2.45, 2.75) is 27.2 Å². The fourth-order valence-electron chi connectivity index (χ4n) is 1.84. The van der Waals surface area contributed by atoms with Crippen molar-refractivity contribution in [2.24, 2.45) is 11.1 Å². The second-order valence-corrected chi connectivity index (χ2v) is 5.74. The third-order valence-electron chi connectivity index (χ3n) is 3.08. The first kappa shape index (κ1) is 13.5. The van der Waals surface area contributed by atoms with Gasteiger partial charge in [0, 0.05) is 26.2 Å². The Bertz CT molecular complexity index is 227. The number of hydrogen-bond donors (Lipinski definition) is 1. The second kappa shape index (κ2) is 5.64. The number of amides is 1. The van der Waals surface area contributed by atoms with Gasteiger partial charge in [-0.15, -0.1) is 0 Å². The highest BCUT2D eigenvalue weighted by Crippen LogP contribution is 2.19. The van der Waals surface area contributed by atoms with Gasteiger partial charge in [-0.1, -0.05) is 20.8 Å². The molecule has 2 N–H and O–H groups in total. The fourth-order valence-corrected chi connectivity index (χ4v) is 1.84. The largest absolute Gasteiger partial charge is 0.339 e. The van der Waals surface area contributed by atoms with Crippen LogP contribution in [0.4, 0.5) is 0 Å². The highest BCUT2D eigenvalue weighted by molar-refractivity contribution is 5.78. The van der Waals surface area contributed by atoms with E-state index >= 15 is 0 Å². The lowest BCUT2D eigenvalue weighted by molar-refractivity contribution is -0.131. The van der Waals surface area contributed by atoms with Gasteiger partial charge in [-0.05, 0) is 18.4 Å². The third kappa shape index (κ3) is 4.49. The fraction of sp³-hybridized carbons (Fsp3) is 0.917. The van der Waals surface area contributed by atoms with Crippen LogP contribution < -0.4 is 5.73 Å². The molecule has 0 spiro atoms. The lowest BCUT2D eigenvalue weighted by Crippen LogP contribution is -2.50. The minimum absolute atomic E-state index is 0.0791. The first-order valence-electron chi connectivity index (χ1n) is 6.12. The van der Waals surface area contributed by atoms with Crippen molar-refractivity contribution in [3.63, 3.8) is 0 Å². The van der Waals surface area contributed by atoms with Crippen LogP contribution in [0.3, 0.4) is 0 Å². The number of carbonyl (C=O) groups excluding carboxylic acids is 1. The molecule has 1 fully saturated rings. The van der Waals surface area contributed by atoms with Gasteiger partial charge in [-0.2, -0.15) is 0 Å². The van der Waals surface area contributed by atoms with Crippen LogP contribution in [-0.2, 0) is 4.79 Å². The summed E-state index contributed by atoms with van der Waals surface area (Å²) >= 11 is 0. The molecule has 1 aliphatic rings. The van der Waals surface area contributed by atoms with Crippen LogP contribution in [0.15, 0.2) is 0 Å². The van der Waals surface area contributed by atoms with E-state index in [0.29, 0.717) is 5.41 Å². The molecule has 0 aliphatic carbocycles. The molecule has 4 heteroatoms. The zero-order valence-corrected chi connectivity index (χ0v) is 10.8. The molecule has 0 radical (unpaired) electrons. The van der Waals surface area contributed by atoms with Gasteiger partial charge in [-0.25, -0.2) is 0 Å². The Balaban J connectivity index is 2.24. The quantitative estimate of drug-likeness (QED) is 0.765. The van der Waals surface area contributed by atoms with Crippen molar-refractivity contribution >= 4 is 5.91 Å². The molecular weight excluding hydrogens is 202 g/mol. The Morgan fingerprint density at radius 3 is 2.19 bits per heavy atom. The summed E-state index contributed by atoms with van der Waals surface area (Å²) in [7, 11) is 0. The molecule has 94 valence electrons. The number of nitrogens with two attached hydrogens (primary N) is 1. The maximum atomic E-state index is 11.4. The minimum atomic E-state index is 0.0791. The lowest BCUT2D eigenvalue weighted by atomic mass is 9.92. The van der Waals surface area contributed by atoms with Crippen molar-refractivity contribution in [3.8, 4) is 0 Å². The second-order valence-electron chi connectivity index (χ2n) is 5.74. The predicted octanol–water partition coefficient (Wildman–Crippen LogP) is 0.526. The van der Waals surface area contributed by atoms with E-state index in [9.17, 15) is 4.79 Å². The highest BCUT2D eigenvalue weighted by Gasteiger charge is 2.21. The maximum Gasteiger partial charge on any atom is 0.236 e. The van der Waals surface area contributed by atoms with Crippen LogP contribution in [0.25, 0.3) is 0 Å². The van der Waals surface area contributed by atoms with Crippen molar-refractivity contribution in [1.82, 2.24) is 9.80 Å². The molecule has 0 saturated carbocycles. The molecule has 0 aromatic carbocycles. The zero-order chi connectivity index (χ0) is 12.2. The van der Waals surface area contributed by atoms with Crippen LogP contribution in [0.2, 0.25) is 0 Å². The van der Waals surface area contributed by atoms with E-state index in [1.807, 2.05) is 4.90 Å². The molecule has 0 aromatic rings. The summed E-state index contributed by atoms with van der Waals surface area (Å²) in [5.74, 6) is 0.0791. The Morgan fingerprint density at radius 2 is 1.75 bits per heavy atom. The van der Waals surface area contributed by atoms with Gasteiger partial charge in [0.2, 0.25) is 5.91 Å². The highest BCUT2D eigenvalue weighted by atomic mass is 16.2. The monoisotopic (exact) mass is 227 g/mol. The third-order valence-corrected chi connectivity index (χ3v) is 3.08. The maximum absolute atomic E-state index is 11.4. The molecule has 0 aromatic heterocycles. The van der Waals surface area contributed by atoms with Gasteiger partial charge in [-0.3, -0.25) is 9.69 Å². The van der Waals surface area contributed by atoms with E-state index in [4.69, 9.17) is 5.73 Å². The van der Waals surface area contributed by atoms with E-state index in [2.05, 4.69) is 25.7 Å². The molecule has 4 nitrogen and oxygen atoms in total. The summed E-state index contributed by atoms with van der Waals surface area (Å²) in [6.45, 7) is 11.7. The Hall–Kier alpha value is -0.610. The van der Waals surface area contributed by atoms with Crippen LogP contribution in [-0.4, -0.2) is 55.0 Å². The molecule has 1 heterocycles. The zero-order valence-electron chi connectivity index (χ0n) is 10.8. The number of nitrogens with zero attached hydrogens (tertiary/aromatic N) is 2. The topological polar surface area (TPSA) is 49.6 Å². The molecule has 1 amide bonds. The summed E-state index contributed by atoms with van der Waals surface area (Å²) in [6.07, 6.45) is 1.21. The van der Waals surface area contributed by atoms with Gasteiger partial charge in [0.05, 0.1) is 6.54 Å². The van der Waals surface area contributed by atoms with E-state index in [1.54, 1.807) is 0 Å². The molecule has 1 saturated heterocycles. The standard InChI is InChI=1S/C12H25N3O/c1-12(2,3)4-5-14-6-8-15(9-7-14)11(16)10-13/h4-10,13H2,1-3H3. The first-order valence-corrected chi connectivity index (χ1v) is 6.12. The number of hydrogen-bond acceptors (Lipinski definition) is 3. The Kier molecular flexibility index (Phi) is 4.74. The summed E-state index contributed by atoms with van der Waals surface area (Å²) in [4.78, 5) is 15.7. The molecule has 1 rings (SSSR count). The summed E-state index contributed by atoms with van der Waals surface area (Å²) < 4.78 is 0. The molecule has 1 aliphatic heterocycles. The van der Waals surface area contributed by atoms with Gasteiger partial charge in [0.15, 0.2) is 0 Å². The summed E-state index contributed by atoms with van der Waals surface area (Å²) in [5.41, 5.74) is 5.74. The normalized spacial score (nSPS) is 18.9. The number of carbonyl (C=O) groups is 1. The Morgan fingerprint density at radius 1 is 1.19 bits per heavy atom. The van der Waals surface area contributed by atoms with Crippen molar-refractivity contribution in [1.29, 1.82) is 0 Å². The molecule has 0 bridgehead atoms. The molecule has 0 unspecified atom stereocenters. The van der Waals surface area contributed by atoms with Crippen LogP contribution >= 0.6 is 0 Å². The van der Waals surface area contributed by atoms with Crippen LogP contribution in [0, 0.1) is 5.41 Å². The SMILES string of the molecule is CC(C)(C)CCN1CCN(C(=O)CN)CC1. The molecular formula is C12H25N3O. The smallest absolute Gasteiger partial charge is 0.236 e.